The van der Waals surface area contributed by atoms with Crippen LogP contribution in [-0.2, 0) is 16.1 Å². The van der Waals surface area contributed by atoms with Gasteiger partial charge in [-0.3, -0.25) is 9.48 Å². The van der Waals surface area contributed by atoms with E-state index in [1.54, 1.807) is 36.8 Å². The second-order valence-corrected chi connectivity index (χ2v) is 6.12. The van der Waals surface area contributed by atoms with Gasteiger partial charge >= 0.3 is 5.97 Å². The predicted octanol–water partition coefficient (Wildman–Crippen LogP) is 2.12. The molecule has 0 atom stereocenters. The van der Waals surface area contributed by atoms with Gasteiger partial charge in [-0.1, -0.05) is 0 Å². The van der Waals surface area contributed by atoms with Crippen molar-refractivity contribution in [2.24, 2.45) is 0 Å². The molecule has 0 spiro atoms. The summed E-state index contributed by atoms with van der Waals surface area (Å²) in [6.45, 7) is 8.36. The highest BCUT2D eigenvalue weighted by molar-refractivity contribution is 5.95. The van der Waals surface area contributed by atoms with E-state index < -0.39 is 11.9 Å². The Hall–Kier alpha value is -3.49. The highest BCUT2D eigenvalue weighted by atomic mass is 16.5. The predicted molar refractivity (Wildman–Crippen MR) is 102 cm³/mol. The van der Waals surface area contributed by atoms with Gasteiger partial charge in [-0.25, -0.2) is 14.3 Å². The molecule has 9 nitrogen and oxygen atoms in total. The first-order chi connectivity index (χ1) is 13.4. The Morgan fingerprint density at radius 3 is 2.79 bits per heavy atom. The molecule has 146 valence electrons. The molecular weight excluding hydrogens is 360 g/mol. The number of amides is 1. The molecule has 0 radical (unpaired) electrons. The lowest BCUT2D eigenvalue weighted by Gasteiger charge is -2.05. The SMILES string of the molecule is CCOC(=O)/C=C(\C)NC(=O)c1cc2nccc(-c3cnn(CC)c3C)n2n1. The van der Waals surface area contributed by atoms with Crippen molar-refractivity contribution >= 4 is 17.5 Å². The number of ether oxygens (including phenoxy) is 1. The number of aromatic nitrogens is 5. The van der Waals surface area contributed by atoms with Gasteiger partial charge < -0.3 is 10.1 Å². The molecule has 1 amide bonds. The number of rotatable bonds is 6. The molecule has 0 aliphatic carbocycles. The number of allylic oxidation sites excluding steroid dienone is 1. The summed E-state index contributed by atoms with van der Waals surface area (Å²) in [5.41, 5.74) is 3.82. The van der Waals surface area contributed by atoms with Gasteiger partial charge in [0.25, 0.3) is 5.91 Å². The number of carbonyl (C=O) groups is 2. The Labute approximate surface area is 162 Å². The van der Waals surface area contributed by atoms with Crippen LogP contribution in [-0.4, -0.2) is 42.9 Å². The number of carbonyl (C=O) groups excluding carboxylic acids is 2. The zero-order valence-electron chi connectivity index (χ0n) is 16.3. The summed E-state index contributed by atoms with van der Waals surface area (Å²) in [5, 5.41) is 11.4. The van der Waals surface area contributed by atoms with Crippen molar-refractivity contribution in [1.82, 2.24) is 29.7 Å². The van der Waals surface area contributed by atoms with Crippen molar-refractivity contribution in [3.05, 3.63) is 47.7 Å². The third-order valence-electron chi connectivity index (χ3n) is 4.20. The summed E-state index contributed by atoms with van der Waals surface area (Å²) in [6.07, 6.45) is 4.67. The molecule has 0 unspecified atom stereocenters. The van der Waals surface area contributed by atoms with Crippen molar-refractivity contribution < 1.29 is 14.3 Å². The first-order valence-electron chi connectivity index (χ1n) is 8.98. The van der Waals surface area contributed by atoms with Gasteiger partial charge in [0.05, 0.1) is 18.5 Å². The van der Waals surface area contributed by atoms with E-state index in [1.807, 2.05) is 24.6 Å². The average molecular weight is 382 g/mol. The molecule has 3 heterocycles. The van der Waals surface area contributed by atoms with Crippen LogP contribution in [0, 0.1) is 6.92 Å². The maximum Gasteiger partial charge on any atom is 0.332 e. The third kappa shape index (κ3) is 3.78. The molecule has 0 bridgehead atoms. The molecule has 1 N–H and O–H groups in total. The van der Waals surface area contributed by atoms with E-state index in [1.165, 1.54) is 6.08 Å². The van der Waals surface area contributed by atoms with Crippen LogP contribution in [0.3, 0.4) is 0 Å². The van der Waals surface area contributed by atoms with Crippen molar-refractivity contribution in [2.75, 3.05) is 6.61 Å². The summed E-state index contributed by atoms with van der Waals surface area (Å²) >= 11 is 0. The number of hydrogen-bond acceptors (Lipinski definition) is 6. The van der Waals surface area contributed by atoms with Gasteiger partial charge in [0.1, 0.15) is 0 Å². The fourth-order valence-electron chi connectivity index (χ4n) is 2.87. The number of nitrogens with one attached hydrogen (secondary N) is 1. The summed E-state index contributed by atoms with van der Waals surface area (Å²) in [4.78, 5) is 28.3. The molecule has 0 aromatic carbocycles. The molecule has 28 heavy (non-hydrogen) atoms. The average Bonchev–Trinajstić information content (AvgIpc) is 3.24. The van der Waals surface area contributed by atoms with Crippen LogP contribution in [0.5, 0.6) is 0 Å². The van der Waals surface area contributed by atoms with E-state index >= 15 is 0 Å². The number of nitrogens with zero attached hydrogens (tertiary/aromatic N) is 5. The second-order valence-electron chi connectivity index (χ2n) is 6.12. The van der Waals surface area contributed by atoms with Crippen molar-refractivity contribution in [2.45, 2.75) is 34.2 Å². The van der Waals surface area contributed by atoms with Gasteiger partial charge in [-0.05, 0) is 33.8 Å². The highest BCUT2D eigenvalue weighted by Gasteiger charge is 2.17. The third-order valence-corrected chi connectivity index (χ3v) is 4.20. The maximum absolute atomic E-state index is 12.5. The topological polar surface area (TPSA) is 103 Å². The van der Waals surface area contributed by atoms with Gasteiger partial charge in [-0.15, -0.1) is 0 Å². The molecule has 3 rings (SSSR count). The van der Waals surface area contributed by atoms with E-state index in [-0.39, 0.29) is 12.3 Å². The van der Waals surface area contributed by atoms with Crippen molar-refractivity contribution in [3.8, 4) is 11.3 Å². The molecule has 0 aliphatic rings. The quantitative estimate of drug-likeness (QED) is 0.517. The van der Waals surface area contributed by atoms with Gasteiger partial charge in [0.2, 0.25) is 0 Å². The van der Waals surface area contributed by atoms with Gasteiger partial charge in [-0.2, -0.15) is 10.2 Å². The van der Waals surface area contributed by atoms with Crippen LogP contribution < -0.4 is 5.32 Å². The fraction of sp³-hybridized carbons (Fsp3) is 0.316. The fourth-order valence-corrected chi connectivity index (χ4v) is 2.87. The zero-order valence-corrected chi connectivity index (χ0v) is 16.3. The lowest BCUT2D eigenvalue weighted by atomic mass is 10.2. The van der Waals surface area contributed by atoms with Crippen LogP contribution >= 0.6 is 0 Å². The largest absolute Gasteiger partial charge is 0.463 e. The van der Waals surface area contributed by atoms with E-state index in [2.05, 4.69) is 20.5 Å². The standard InChI is InChI=1S/C19H22N6O3/c1-5-24-13(4)14(11-21-24)16-7-8-20-17-10-15(23-25(16)17)19(27)22-12(3)9-18(26)28-6-2/h7-11H,5-6H2,1-4H3,(H,22,27)/b12-9+. The normalized spacial score (nSPS) is 11.6. The molecular formula is C19H22N6O3. The minimum atomic E-state index is -0.511. The first-order valence-corrected chi connectivity index (χ1v) is 8.98. The number of aryl methyl sites for hydroxylation is 1. The second kappa shape index (κ2) is 8.03. The summed E-state index contributed by atoms with van der Waals surface area (Å²) in [7, 11) is 0. The van der Waals surface area contributed by atoms with Gasteiger partial charge in [0.15, 0.2) is 11.3 Å². The lowest BCUT2D eigenvalue weighted by molar-refractivity contribution is -0.137. The monoisotopic (exact) mass is 382 g/mol. The number of fused-ring (bicyclic) bond motifs is 1. The van der Waals surface area contributed by atoms with Crippen molar-refractivity contribution in [1.29, 1.82) is 0 Å². The minimum Gasteiger partial charge on any atom is -0.463 e. The summed E-state index contributed by atoms with van der Waals surface area (Å²) in [6, 6.07) is 3.42. The van der Waals surface area contributed by atoms with Crippen molar-refractivity contribution in [3.63, 3.8) is 0 Å². The molecule has 9 heteroatoms. The zero-order chi connectivity index (χ0) is 20.3. The van der Waals surface area contributed by atoms with Crippen LogP contribution in [0.15, 0.2) is 36.3 Å². The van der Waals surface area contributed by atoms with Gasteiger partial charge in [0, 0.05) is 41.8 Å². The van der Waals surface area contributed by atoms with Crippen LogP contribution in [0.2, 0.25) is 0 Å². The minimum absolute atomic E-state index is 0.192. The molecule has 0 aliphatic heterocycles. The molecule has 3 aromatic heterocycles. The highest BCUT2D eigenvalue weighted by Crippen LogP contribution is 2.23. The summed E-state index contributed by atoms with van der Waals surface area (Å²) < 4.78 is 8.34. The van der Waals surface area contributed by atoms with Crippen LogP contribution in [0.1, 0.15) is 37.0 Å². The number of hydrogen-bond donors (Lipinski definition) is 1. The Balaban J connectivity index is 1.91. The summed E-state index contributed by atoms with van der Waals surface area (Å²) in [5.74, 6) is -0.946. The number of esters is 1. The molecule has 0 fully saturated rings. The van der Waals surface area contributed by atoms with E-state index in [4.69, 9.17) is 4.74 Å². The first kappa shape index (κ1) is 19.3. The Morgan fingerprint density at radius 2 is 2.11 bits per heavy atom. The van der Waals surface area contributed by atoms with E-state index in [0.717, 1.165) is 23.5 Å². The molecule has 3 aromatic rings. The van der Waals surface area contributed by atoms with Crippen LogP contribution in [0.4, 0.5) is 0 Å². The molecule has 0 saturated carbocycles. The Morgan fingerprint density at radius 1 is 1.32 bits per heavy atom. The lowest BCUT2D eigenvalue weighted by Crippen LogP contribution is -2.22. The Kier molecular flexibility index (Phi) is 5.53. The van der Waals surface area contributed by atoms with E-state index in [9.17, 15) is 9.59 Å². The van der Waals surface area contributed by atoms with E-state index in [0.29, 0.717) is 11.3 Å². The molecule has 0 saturated heterocycles. The Bertz CT molecular complexity index is 1060. The maximum atomic E-state index is 12.5. The van der Waals surface area contributed by atoms with Crippen LogP contribution in [0.25, 0.3) is 16.9 Å². The smallest absolute Gasteiger partial charge is 0.332 e.